The fraction of sp³-hybridized carbons (Fsp3) is 0.478. The van der Waals surface area contributed by atoms with Gasteiger partial charge in [0.1, 0.15) is 0 Å². The summed E-state index contributed by atoms with van der Waals surface area (Å²) in [5, 5.41) is 0. The number of benzene rings is 2. The first-order chi connectivity index (χ1) is 11.9. The van der Waals surface area contributed by atoms with Crippen molar-refractivity contribution in [1.82, 2.24) is 4.90 Å². The van der Waals surface area contributed by atoms with Crippen LogP contribution >= 0.6 is 0 Å². The number of hydrogen-bond acceptors (Lipinski definition) is 1. The highest BCUT2D eigenvalue weighted by molar-refractivity contribution is 5.16. The molecule has 3 aliphatic rings. The maximum absolute atomic E-state index is 2.87. The van der Waals surface area contributed by atoms with E-state index in [-0.39, 0.29) is 0 Å². The number of fused-ring (bicyclic) bond motifs is 3. The molecule has 3 fully saturated rings. The third-order valence-electron chi connectivity index (χ3n) is 6.16. The topological polar surface area (TPSA) is 3.24 Å². The van der Waals surface area contributed by atoms with E-state index in [0.29, 0.717) is 0 Å². The molecule has 2 aromatic carbocycles. The van der Waals surface area contributed by atoms with Crippen molar-refractivity contribution < 1.29 is 0 Å². The lowest BCUT2D eigenvalue weighted by Gasteiger charge is -2.51. The van der Waals surface area contributed by atoms with Gasteiger partial charge in [0, 0.05) is 12.1 Å². The molecule has 3 heterocycles. The Balaban J connectivity index is 1.35. The predicted octanol–water partition coefficient (Wildman–Crippen LogP) is 5.10. The van der Waals surface area contributed by atoms with Gasteiger partial charge in [0.2, 0.25) is 0 Å². The highest BCUT2D eigenvalue weighted by Crippen LogP contribution is 2.39. The first kappa shape index (κ1) is 15.9. The first-order valence-corrected chi connectivity index (χ1v) is 9.72. The predicted molar refractivity (Wildman–Crippen MR) is 101 cm³/mol. The minimum atomic E-state index is 0.818. The normalized spacial score (nSPS) is 28.8. The number of aryl methyl sites for hydroxylation is 2. The van der Waals surface area contributed by atoms with Gasteiger partial charge in [0.25, 0.3) is 0 Å². The van der Waals surface area contributed by atoms with Crippen LogP contribution in [0, 0.1) is 5.92 Å². The minimum absolute atomic E-state index is 0.818. The Bertz CT molecular complexity index is 567. The lowest BCUT2D eigenvalue weighted by Crippen LogP contribution is -2.54. The molecule has 3 aliphatic heterocycles. The van der Waals surface area contributed by atoms with Crippen LogP contribution in [0.4, 0.5) is 0 Å². The van der Waals surface area contributed by atoms with Crippen LogP contribution in [0.3, 0.4) is 0 Å². The Morgan fingerprint density at radius 2 is 1.21 bits per heavy atom. The highest BCUT2D eigenvalue weighted by atomic mass is 15.2. The maximum Gasteiger partial charge on any atom is 0.0104 e. The number of piperidine rings is 3. The summed E-state index contributed by atoms with van der Waals surface area (Å²) < 4.78 is 0. The van der Waals surface area contributed by atoms with E-state index in [1.54, 1.807) is 0 Å². The molecule has 3 unspecified atom stereocenters. The van der Waals surface area contributed by atoms with E-state index < -0.39 is 0 Å². The van der Waals surface area contributed by atoms with Gasteiger partial charge < -0.3 is 0 Å². The van der Waals surface area contributed by atoms with E-state index in [1.165, 1.54) is 62.6 Å². The van der Waals surface area contributed by atoms with Gasteiger partial charge in [-0.05, 0) is 68.5 Å². The van der Waals surface area contributed by atoms with Crippen molar-refractivity contribution in [1.29, 1.82) is 0 Å². The summed E-state index contributed by atoms with van der Waals surface area (Å²) in [7, 11) is 0. The maximum atomic E-state index is 2.87. The molecule has 24 heavy (non-hydrogen) atoms. The Hall–Kier alpha value is -1.60. The average Bonchev–Trinajstić information content (AvgIpc) is 2.67. The summed E-state index contributed by atoms with van der Waals surface area (Å²) in [6, 6.07) is 23.7. The second-order valence-corrected chi connectivity index (χ2v) is 7.72. The van der Waals surface area contributed by atoms with Crippen molar-refractivity contribution in [2.75, 3.05) is 6.54 Å². The average molecular weight is 319 g/mol. The molecule has 4 atom stereocenters. The molecule has 126 valence electrons. The van der Waals surface area contributed by atoms with Gasteiger partial charge in [0.15, 0.2) is 0 Å². The smallest absolute Gasteiger partial charge is 0.0104 e. The van der Waals surface area contributed by atoms with E-state index in [1.807, 2.05) is 0 Å². The van der Waals surface area contributed by atoms with Crippen LogP contribution in [0.25, 0.3) is 0 Å². The third-order valence-corrected chi connectivity index (χ3v) is 6.16. The Morgan fingerprint density at radius 3 is 1.67 bits per heavy atom. The Kier molecular flexibility index (Phi) is 4.99. The van der Waals surface area contributed by atoms with Crippen LogP contribution in [-0.4, -0.2) is 23.5 Å². The summed E-state index contributed by atoms with van der Waals surface area (Å²) in [5.74, 6) is 0.983. The van der Waals surface area contributed by atoms with Crippen LogP contribution in [0.15, 0.2) is 60.7 Å². The molecule has 2 aromatic rings. The molecule has 0 spiro atoms. The quantitative estimate of drug-likeness (QED) is 0.715. The van der Waals surface area contributed by atoms with E-state index in [9.17, 15) is 0 Å². The largest absolute Gasteiger partial charge is 0.297 e. The number of hydrogen-bond donors (Lipinski definition) is 0. The van der Waals surface area contributed by atoms with Crippen LogP contribution in [0.2, 0.25) is 0 Å². The van der Waals surface area contributed by atoms with Crippen LogP contribution in [0.1, 0.15) is 43.2 Å². The summed E-state index contributed by atoms with van der Waals surface area (Å²) in [6.07, 6.45) is 9.46. The van der Waals surface area contributed by atoms with Crippen LogP contribution < -0.4 is 0 Å². The molecule has 5 rings (SSSR count). The van der Waals surface area contributed by atoms with E-state index in [0.717, 1.165) is 18.0 Å². The van der Waals surface area contributed by atoms with Crippen molar-refractivity contribution in [2.45, 2.75) is 57.0 Å². The molecule has 3 saturated heterocycles. The van der Waals surface area contributed by atoms with Gasteiger partial charge in [-0.1, -0.05) is 60.7 Å². The minimum Gasteiger partial charge on any atom is -0.297 e. The molecule has 1 heteroatoms. The number of rotatable bonds is 6. The Labute approximate surface area is 146 Å². The van der Waals surface area contributed by atoms with Gasteiger partial charge in [-0.2, -0.15) is 0 Å². The number of nitrogens with zero attached hydrogens (tertiary/aromatic N) is 1. The van der Waals surface area contributed by atoms with Crippen molar-refractivity contribution in [3.63, 3.8) is 0 Å². The Morgan fingerprint density at radius 1 is 0.708 bits per heavy atom. The lowest BCUT2D eigenvalue weighted by atomic mass is 9.76. The van der Waals surface area contributed by atoms with E-state index in [2.05, 4.69) is 65.6 Å². The summed E-state index contributed by atoms with van der Waals surface area (Å²) in [4.78, 5) is 2.87. The lowest BCUT2D eigenvalue weighted by molar-refractivity contribution is -0.00965. The molecule has 0 aromatic heterocycles. The summed E-state index contributed by atoms with van der Waals surface area (Å²) in [5.41, 5.74) is 3.00. The molecular formula is C23H29N. The molecule has 0 N–H and O–H groups in total. The van der Waals surface area contributed by atoms with Gasteiger partial charge >= 0.3 is 0 Å². The second-order valence-electron chi connectivity index (χ2n) is 7.72. The van der Waals surface area contributed by atoms with Crippen LogP contribution in [-0.2, 0) is 12.8 Å². The monoisotopic (exact) mass is 319 g/mol. The molecular weight excluding hydrogens is 290 g/mol. The zero-order chi connectivity index (χ0) is 16.2. The SMILES string of the molecule is c1ccc(CCC2CC3CCN2[C@H](CCc2ccccc2)C3)cc1. The van der Waals surface area contributed by atoms with Crippen molar-refractivity contribution >= 4 is 0 Å². The molecule has 2 bridgehead atoms. The van der Waals surface area contributed by atoms with Gasteiger partial charge in [-0.25, -0.2) is 0 Å². The van der Waals surface area contributed by atoms with E-state index >= 15 is 0 Å². The summed E-state index contributed by atoms with van der Waals surface area (Å²) >= 11 is 0. The zero-order valence-corrected chi connectivity index (χ0v) is 14.6. The third kappa shape index (κ3) is 3.72. The molecule has 0 amide bonds. The second kappa shape index (κ2) is 7.53. The first-order valence-electron chi connectivity index (χ1n) is 9.72. The van der Waals surface area contributed by atoms with Gasteiger partial charge in [-0.3, -0.25) is 4.90 Å². The van der Waals surface area contributed by atoms with Crippen molar-refractivity contribution in [2.24, 2.45) is 5.92 Å². The highest BCUT2D eigenvalue weighted by Gasteiger charge is 2.39. The van der Waals surface area contributed by atoms with Gasteiger partial charge in [0.05, 0.1) is 0 Å². The fourth-order valence-electron chi connectivity index (χ4n) is 4.89. The van der Waals surface area contributed by atoms with Crippen molar-refractivity contribution in [3.05, 3.63) is 71.8 Å². The van der Waals surface area contributed by atoms with Crippen LogP contribution in [0.5, 0.6) is 0 Å². The molecule has 0 aliphatic carbocycles. The molecule has 0 radical (unpaired) electrons. The molecule has 0 saturated carbocycles. The van der Waals surface area contributed by atoms with Crippen molar-refractivity contribution in [3.8, 4) is 0 Å². The van der Waals surface area contributed by atoms with Gasteiger partial charge in [-0.15, -0.1) is 0 Å². The fourth-order valence-corrected chi connectivity index (χ4v) is 4.89. The zero-order valence-electron chi connectivity index (χ0n) is 14.6. The standard InChI is InChI=1S/C23H29N/c1-3-7-19(8-4-1)11-13-22-17-21-15-16-24(22)23(18-21)14-12-20-9-5-2-6-10-20/h1-10,21-23H,11-18H2/t21?,22-,23?/m1/s1. The summed E-state index contributed by atoms with van der Waals surface area (Å²) in [6.45, 7) is 1.34. The molecule has 1 nitrogen and oxygen atoms in total. The van der Waals surface area contributed by atoms with E-state index in [4.69, 9.17) is 0 Å².